The molecule has 0 amide bonds. The first-order chi connectivity index (χ1) is 16.6. The van der Waals surface area contributed by atoms with Gasteiger partial charge in [0.05, 0.1) is 19.6 Å². The van der Waals surface area contributed by atoms with E-state index in [9.17, 15) is 4.79 Å². The van der Waals surface area contributed by atoms with Crippen molar-refractivity contribution in [3.05, 3.63) is 99.7 Å². The molecule has 5 aromatic rings. The fraction of sp³-hybridized carbons (Fsp3) is 0.107. The molecule has 0 aliphatic carbocycles. The molecule has 5 rings (SSSR count). The molecular formula is C28H21ClO5. The van der Waals surface area contributed by atoms with E-state index in [0.29, 0.717) is 38.8 Å². The largest absolute Gasteiger partial charge is 0.493 e. The number of methoxy groups -OCH3 is 2. The monoisotopic (exact) mass is 472 g/mol. The van der Waals surface area contributed by atoms with E-state index >= 15 is 0 Å². The van der Waals surface area contributed by atoms with Gasteiger partial charge in [0.1, 0.15) is 12.2 Å². The molecule has 0 aliphatic rings. The molecular weight excluding hydrogens is 452 g/mol. The molecule has 6 heteroatoms. The average Bonchev–Trinajstić information content (AvgIpc) is 2.88. The Bertz CT molecular complexity index is 1570. The van der Waals surface area contributed by atoms with Gasteiger partial charge in [-0.1, -0.05) is 54.1 Å². The number of ether oxygens (including phenoxy) is 3. The maximum Gasteiger partial charge on any atom is 0.235 e. The first kappa shape index (κ1) is 21.9. The van der Waals surface area contributed by atoms with Gasteiger partial charge in [0.15, 0.2) is 17.3 Å². The second-order valence-corrected chi connectivity index (χ2v) is 8.16. The molecule has 170 valence electrons. The van der Waals surface area contributed by atoms with Crippen LogP contribution in [-0.4, -0.2) is 14.2 Å². The van der Waals surface area contributed by atoms with Crippen molar-refractivity contribution < 1.29 is 18.6 Å². The van der Waals surface area contributed by atoms with Crippen LogP contribution in [0.2, 0.25) is 5.02 Å². The van der Waals surface area contributed by atoms with Gasteiger partial charge in [0, 0.05) is 10.6 Å². The van der Waals surface area contributed by atoms with Crippen molar-refractivity contribution in [2.45, 2.75) is 6.61 Å². The summed E-state index contributed by atoms with van der Waals surface area (Å²) in [5.74, 6) is 1.49. The van der Waals surface area contributed by atoms with Crippen molar-refractivity contribution in [3.8, 4) is 28.6 Å². The van der Waals surface area contributed by atoms with E-state index in [0.717, 1.165) is 16.3 Å². The summed E-state index contributed by atoms with van der Waals surface area (Å²) in [6.45, 7) is 0.193. The molecule has 0 spiro atoms. The highest BCUT2D eigenvalue weighted by atomic mass is 35.5. The van der Waals surface area contributed by atoms with Crippen LogP contribution in [0.3, 0.4) is 0 Å². The summed E-state index contributed by atoms with van der Waals surface area (Å²) < 4.78 is 23.2. The van der Waals surface area contributed by atoms with Gasteiger partial charge >= 0.3 is 0 Å². The predicted octanol–water partition coefficient (Wildman–Crippen LogP) is 6.86. The van der Waals surface area contributed by atoms with Gasteiger partial charge in [-0.3, -0.25) is 4.79 Å². The molecule has 0 radical (unpaired) electrons. The Morgan fingerprint density at radius 3 is 2.44 bits per heavy atom. The Labute approximate surface area is 201 Å². The van der Waals surface area contributed by atoms with E-state index in [1.807, 2.05) is 42.5 Å². The number of fused-ring (bicyclic) bond motifs is 2. The molecule has 0 fully saturated rings. The number of hydrogen-bond donors (Lipinski definition) is 0. The smallest absolute Gasteiger partial charge is 0.235 e. The van der Waals surface area contributed by atoms with Crippen molar-refractivity contribution >= 4 is 33.3 Å². The molecule has 0 saturated heterocycles. The van der Waals surface area contributed by atoms with Crippen LogP contribution in [0.4, 0.5) is 0 Å². The van der Waals surface area contributed by atoms with E-state index in [-0.39, 0.29) is 17.8 Å². The number of hydrogen-bond acceptors (Lipinski definition) is 5. The van der Waals surface area contributed by atoms with Gasteiger partial charge in [0.2, 0.25) is 11.2 Å². The summed E-state index contributed by atoms with van der Waals surface area (Å²) in [6, 6.07) is 24.3. The quantitative estimate of drug-likeness (QED) is 0.270. The highest BCUT2D eigenvalue weighted by Gasteiger charge is 2.20. The van der Waals surface area contributed by atoms with Crippen molar-refractivity contribution in [3.63, 3.8) is 0 Å². The van der Waals surface area contributed by atoms with Gasteiger partial charge in [-0.2, -0.15) is 0 Å². The van der Waals surface area contributed by atoms with E-state index < -0.39 is 0 Å². The summed E-state index contributed by atoms with van der Waals surface area (Å²) in [5.41, 5.74) is 1.70. The van der Waals surface area contributed by atoms with Crippen molar-refractivity contribution in [2.24, 2.45) is 0 Å². The Balaban J connectivity index is 1.66. The fourth-order valence-corrected chi connectivity index (χ4v) is 4.19. The fourth-order valence-electron chi connectivity index (χ4n) is 4.02. The van der Waals surface area contributed by atoms with Crippen LogP contribution in [0.1, 0.15) is 5.56 Å². The van der Waals surface area contributed by atoms with Crippen LogP contribution in [0.25, 0.3) is 33.1 Å². The molecule has 34 heavy (non-hydrogen) atoms. The van der Waals surface area contributed by atoms with Crippen molar-refractivity contribution in [2.75, 3.05) is 14.2 Å². The summed E-state index contributed by atoms with van der Waals surface area (Å²) in [4.78, 5) is 13.5. The van der Waals surface area contributed by atoms with Crippen LogP contribution in [0, 0.1) is 0 Å². The lowest BCUT2D eigenvalue weighted by atomic mass is 10.1. The highest BCUT2D eigenvalue weighted by molar-refractivity contribution is 6.31. The second-order valence-electron chi connectivity index (χ2n) is 7.73. The normalized spacial score (nSPS) is 11.0. The lowest BCUT2D eigenvalue weighted by Gasteiger charge is -2.14. The van der Waals surface area contributed by atoms with Crippen LogP contribution in [0.15, 0.2) is 88.1 Å². The maximum atomic E-state index is 13.5. The van der Waals surface area contributed by atoms with E-state index in [1.165, 1.54) is 0 Å². The molecule has 0 atom stereocenters. The molecule has 5 nitrogen and oxygen atoms in total. The summed E-state index contributed by atoms with van der Waals surface area (Å²) >= 11 is 6.16. The van der Waals surface area contributed by atoms with Crippen LogP contribution < -0.4 is 19.6 Å². The predicted molar refractivity (Wildman–Crippen MR) is 134 cm³/mol. The van der Waals surface area contributed by atoms with E-state index in [2.05, 4.69) is 0 Å². The Hall–Kier alpha value is -3.96. The summed E-state index contributed by atoms with van der Waals surface area (Å²) in [6.07, 6.45) is 0. The molecule has 1 aromatic heterocycles. The van der Waals surface area contributed by atoms with Crippen LogP contribution in [-0.2, 0) is 6.61 Å². The molecule has 0 bridgehead atoms. The van der Waals surface area contributed by atoms with Gasteiger partial charge < -0.3 is 18.6 Å². The highest BCUT2D eigenvalue weighted by Crippen LogP contribution is 2.37. The summed E-state index contributed by atoms with van der Waals surface area (Å²) in [5, 5.41) is 2.95. The molecule has 4 aromatic carbocycles. The number of rotatable bonds is 6. The molecule has 0 unspecified atom stereocenters. The first-order valence-corrected chi connectivity index (χ1v) is 11.0. The third kappa shape index (κ3) is 3.95. The van der Waals surface area contributed by atoms with Gasteiger partial charge in [-0.15, -0.1) is 0 Å². The molecule has 0 saturated carbocycles. The Kier molecular flexibility index (Phi) is 5.86. The zero-order valence-corrected chi connectivity index (χ0v) is 19.4. The third-order valence-electron chi connectivity index (χ3n) is 5.71. The SMILES string of the molecule is COc1ccc(-c2oc3ccc(Cl)cc3c(=O)c2OCc2cccc3ccccc23)cc1OC. The standard InChI is InChI=1S/C28H21ClO5/c1-31-24-12-10-18(14-25(24)32-2)27-28(26(30)22-15-20(29)11-13-23(22)34-27)33-16-19-8-5-7-17-6-3-4-9-21(17)19/h3-15H,16H2,1-2H3. The topological polar surface area (TPSA) is 57.9 Å². The second kappa shape index (κ2) is 9.12. The number of benzene rings is 4. The van der Waals surface area contributed by atoms with Crippen LogP contribution >= 0.6 is 11.6 Å². The van der Waals surface area contributed by atoms with E-state index in [1.54, 1.807) is 50.6 Å². The maximum absolute atomic E-state index is 13.5. The van der Waals surface area contributed by atoms with Crippen molar-refractivity contribution in [1.82, 2.24) is 0 Å². The zero-order chi connectivity index (χ0) is 23.7. The zero-order valence-electron chi connectivity index (χ0n) is 18.6. The minimum absolute atomic E-state index is 0.106. The third-order valence-corrected chi connectivity index (χ3v) is 5.94. The van der Waals surface area contributed by atoms with Crippen molar-refractivity contribution in [1.29, 1.82) is 0 Å². The minimum atomic E-state index is -0.297. The van der Waals surface area contributed by atoms with Gasteiger partial charge in [-0.25, -0.2) is 0 Å². The minimum Gasteiger partial charge on any atom is -0.493 e. The van der Waals surface area contributed by atoms with Gasteiger partial charge in [0.25, 0.3) is 0 Å². The molecule has 0 aliphatic heterocycles. The summed E-state index contributed by atoms with van der Waals surface area (Å²) in [7, 11) is 3.12. The molecule has 1 heterocycles. The lowest BCUT2D eigenvalue weighted by molar-refractivity contribution is 0.299. The Morgan fingerprint density at radius 1 is 0.824 bits per heavy atom. The van der Waals surface area contributed by atoms with Crippen LogP contribution in [0.5, 0.6) is 17.2 Å². The van der Waals surface area contributed by atoms with E-state index in [4.69, 9.17) is 30.2 Å². The number of halogens is 1. The average molecular weight is 473 g/mol. The first-order valence-electron chi connectivity index (χ1n) is 10.7. The van der Waals surface area contributed by atoms with Gasteiger partial charge in [-0.05, 0) is 52.7 Å². The Morgan fingerprint density at radius 2 is 1.62 bits per heavy atom. The molecule has 0 N–H and O–H groups in total. The lowest BCUT2D eigenvalue weighted by Crippen LogP contribution is -2.10.